The fraction of sp³-hybridized carbons (Fsp3) is 0.571. The molecule has 104 valence electrons. The molecule has 0 spiro atoms. The molecule has 2 rings (SSSR count). The summed E-state index contributed by atoms with van der Waals surface area (Å²) in [5, 5.41) is 4.01. The van der Waals surface area contributed by atoms with Crippen molar-refractivity contribution in [1.82, 2.24) is 10.1 Å². The second-order valence-corrected chi connectivity index (χ2v) is 5.16. The zero-order valence-corrected chi connectivity index (χ0v) is 11.7. The SMILES string of the molecule is Cc1occc1-c1noc(C(C)CCCC(C)N)n1. The standard InChI is InChI=1S/C14H21N3O2/c1-9(5-4-6-10(2)15)14-16-13(17-19-14)12-7-8-18-11(12)3/h7-10H,4-6,15H2,1-3H3. The van der Waals surface area contributed by atoms with Gasteiger partial charge in [0.1, 0.15) is 5.76 Å². The third-order valence-electron chi connectivity index (χ3n) is 3.26. The van der Waals surface area contributed by atoms with Gasteiger partial charge >= 0.3 is 0 Å². The van der Waals surface area contributed by atoms with Gasteiger partial charge in [0.15, 0.2) is 0 Å². The van der Waals surface area contributed by atoms with Crippen molar-refractivity contribution in [2.24, 2.45) is 5.73 Å². The number of hydrogen-bond acceptors (Lipinski definition) is 5. The average molecular weight is 263 g/mol. The first kappa shape index (κ1) is 13.8. The van der Waals surface area contributed by atoms with Crippen LogP contribution in [-0.2, 0) is 0 Å². The van der Waals surface area contributed by atoms with Gasteiger partial charge in [0.25, 0.3) is 0 Å². The lowest BCUT2D eigenvalue weighted by molar-refractivity contribution is 0.349. The normalized spacial score (nSPS) is 14.5. The summed E-state index contributed by atoms with van der Waals surface area (Å²) in [6, 6.07) is 2.10. The second kappa shape index (κ2) is 6.02. The molecule has 0 aliphatic heterocycles. The van der Waals surface area contributed by atoms with Crippen LogP contribution in [0.5, 0.6) is 0 Å². The summed E-state index contributed by atoms with van der Waals surface area (Å²) in [4.78, 5) is 4.44. The quantitative estimate of drug-likeness (QED) is 0.865. The van der Waals surface area contributed by atoms with Crippen molar-refractivity contribution in [2.45, 2.75) is 52.0 Å². The first-order chi connectivity index (χ1) is 9.08. The summed E-state index contributed by atoms with van der Waals surface area (Å²) in [5.41, 5.74) is 6.63. The topological polar surface area (TPSA) is 78.1 Å². The molecule has 2 heterocycles. The Morgan fingerprint density at radius 2 is 2.11 bits per heavy atom. The molecule has 5 nitrogen and oxygen atoms in total. The molecule has 0 radical (unpaired) electrons. The predicted octanol–water partition coefficient (Wildman–Crippen LogP) is 3.26. The first-order valence-electron chi connectivity index (χ1n) is 6.71. The van der Waals surface area contributed by atoms with Crippen LogP contribution in [0.4, 0.5) is 0 Å². The maximum Gasteiger partial charge on any atom is 0.229 e. The van der Waals surface area contributed by atoms with Crippen LogP contribution in [0.25, 0.3) is 11.4 Å². The second-order valence-electron chi connectivity index (χ2n) is 5.16. The average Bonchev–Trinajstić information content (AvgIpc) is 2.96. The van der Waals surface area contributed by atoms with Crippen LogP contribution >= 0.6 is 0 Å². The smallest absolute Gasteiger partial charge is 0.229 e. The van der Waals surface area contributed by atoms with Crippen LogP contribution in [0.15, 0.2) is 21.3 Å². The largest absolute Gasteiger partial charge is 0.469 e. The highest BCUT2D eigenvalue weighted by molar-refractivity contribution is 5.56. The van der Waals surface area contributed by atoms with E-state index in [1.54, 1.807) is 6.26 Å². The maximum absolute atomic E-state index is 5.74. The van der Waals surface area contributed by atoms with Gasteiger partial charge in [-0.3, -0.25) is 0 Å². The summed E-state index contributed by atoms with van der Waals surface area (Å²) in [5.74, 6) is 2.34. The number of aromatic nitrogens is 2. The van der Waals surface area contributed by atoms with Crippen molar-refractivity contribution in [2.75, 3.05) is 0 Å². The van der Waals surface area contributed by atoms with Crippen molar-refractivity contribution in [3.05, 3.63) is 24.0 Å². The molecule has 2 aromatic heterocycles. The van der Waals surface area contributed by atoms with E-state index in [1.165, 1.54) is 0 Å². The van der Waals surface area contributed by atoms with E-state index in [9.17, 15) is 0 Å². The van der Waals surface area contributed by atoms with Gasteiger partial charge in [-0.1, -0.05) is 18.5 Å². The fourth-order valence-corrected chi connectivity index (χ4v) is 2.03. The Morgan fingerprint density at radius 3 is 2.74 bits per heavy atom. The van der Waals surface area contributed by atoms with Crippen LogP contribution < -0.4 is 5.73 Å². The Balaban J connectivity index is 1.99. The molecule has 2 N–H and O–H groups in total. The number of hydrogen-bond donors (Lipinski definition) is 1. The Labute approximate surface area is 113 Å². The van der Waals surface area contributed by atoms with Gasteiger partial charge in [-0.2, -0.15) is 4.98 Å². The van der Waals surface area contributed by atoms with Gasteiger partial charge in [-0.05, 0) is 32.8 Å². The molecule has 0 aromatic carbocycles. The number of nitrogens with two attached hydrogens (primary N) is 1. The van der Waals surface area contributed by atoms with Crippen molar-refractivity contribution < 1.29 is 8.94 Å². The van der Waals surface area contributed by atoms with Crippen LogP contribution in [0.2, 0.25) is 0 Å². The van der Waals surface area contributed by atoms with Gasteiger partial charge in [0.2, 0.25) is 11.7 Å². The van der Waals surface area contributed by atoms with E-state index in [-0.39, 0.29) is 12.0 Å². The highest BCUT2D eigenvalue weighted by Gasteiger charge is 2.17. The third kappa shape index (κ3) is 3.44. The highest BCUT2D eigenvalue weighted by atomic mass is 16.5. The minimum atomic E-state index is 0.249. The van der Waals surface area contributed by atoms with Crippen LogP contribution in [0, 0.1) is 6.92 Å². The number of aryl methyl sites for hydroxylation is 1. The molecule has 2 atom stereocenters. The molecule has 2 unspecified atom stereocenters. The lowest BCUT2D eigenvalue weighted by atomic mass is 10.0. The molecule has 0 bridgehead atoms. The van der Waals surface area contributed by atoms with Gasteiger partial charge < -0.3 is 14.7 Å². The third-order valence-corrected chi connectivity index (χ3v) is 3.26. The van der Waals surface area contributed by atoms with E-state index in [4.69, 9.17) is 14.7 Å². The van der Waals surface area contributed by atoms with Crippen molar-refractivity contribution in [1.29, 1.82) is 0 Å². The molecule has 0 saturated heterocycles. The molecule has 0 aliphatic rings. The van der Waals surface area contributed by atoms with Gasteiger partial charge in [-0.15, -0.1) is 0 Å². The fourth-order valence-electron chi connectivity index (χ4n) is 2.03. The molecular formula is C14H21N3O2. The van der Waals surface area contributed by atoms with Crippen LogP contribution in [-0.4, -0.2) is 16.2 Å². The van der Waals surface area contributed by atoms with E-state index < -0.39 is 0 Å². The predicted molar refractivity (Wildman–Crippen MR) is 72.7 cm³/mol. The van der Waals surface area contributed by atoms with Crippen molar-refractivity contribution in [3.63, 3.8) is 0 Å². The van der Waals surface area contributed by atoms with Crippen molar-refractivity contribution >= 4 is 0 Å². The maximum atomic E-state index is 5.74. The monoisotopic (exact) mass is 263 g/mol. The minimum Gasteiger partial charge on any atom is -0.469 e. The number of furan rings is 1. The van der Waals surface area contributed by atoms with Crippen molar-refractivity contribution in [3.8, 4) is 11.4 Å². The Bertz CT molecular complexity index is 516. The van der Waals surface area contributed by atoms with Gasteiger partial charge in [-0.25, -0.2) is 0 Å². The minimum absolute atomic E-state index is 0.249. The summed E-state index contributed by atoms with van der Waals surface area (Å²) in [6.07, 6.45) is 4.73. The molecule has 2 aromatic rings. The zero-order valence-electron chi connectivity index (χ0n) is 11.7. The molecule has 5 heteroatoms. The summed E-state index contributed by atoms with van der Waals surface area (Å²) >= 11 is 0. The van der Waals surface area contributed by atoms with E-state index in [1.807, 2.05) is 19.9 Å². The molecule has 19 heavy (non-hydrogen) atoms. The zero-order chi connectivity index (χ0) is 13.8. The molecular weight excluding hydrogens is 242 g/mol. The highest BCUT2D eigenvalue weighted by Crippen LogP contribution is 2.25. The van der Waals surface area contributed by atoms with Gasteiger partial charge in [0.05, 0.1) is 11.8 Å². The van der Waals surface area contributed by atoms with E-state index in [0.717, 1.165) is 30.6 Å². The summed E-state index contributed by atoms with van der Waals surface area (Å²) in [6.45, 7) is 6.01. The Hall–Kier alpha value is -1.62. The molecule has 0 aliphatic carbocycles. The number of nitrogens with zero attached hydrogens (tertiary/aromatic N) is 2. The van der Waals surface area contributed by atoms with E-state index in [0.29, 0.717) is 11.7 Å². The summed E-state index contributed by atoms with van der Waals surface area (Å²) in [7, 11) is 0. The molecule has 0 amide bonds. The molecule has 0 saturated carbocycles. The Morgan fingerprint density at radius 1 is 1.32 bits per heavy atom. The Kier molecular flexibility index (Phi) is 4.37. The lowest BCUT2D eigenvalue weighted by Crippen LogP contribution is -2.14. The first-order valence-corrected chi connectivity index (χ1v) is 6.71. The molecule has 0 fully saturated rings. The lowest BCUT2D eigenvalue weighted by Gasteiger charge is -2.07. The number of rotatable bonds is 6. The van der Waals surface area contributed by atoms with Crippen LogP contribution in [0.1, 0.15) is 50.7 Å². The van der Waals surface area contributed by atoms with Gasteiger partial charge in [0, 0.05) is 12.0 Å². The summed E-state index contributed by atoms with van der Waals surface area (Å²) < 4.78 is 10.6. The van der Waals surface area contributed by atoms with Crippen LogP contribution in [0.3, 0.4) is 0 Å². The van der Waals surface area contributed by atoms with E-state index in [2.05, 4.69) is 17.1 Å². The van der Waals surface area contributed by atoms with E-state index >= 15 is 0 Å².